The van der Waals surface area contributed by atoms with Crippen LogP contribution in [0.2, 0.25) is 5.02 Å². The van der Waals surface area contributed by atoms with E-state index in [0.29, 0.717) is 39.1 Å². The third-order valence-electron chi connectivity index (χ3n) is 11.3. The molecule has 268 valence electrons. The van der Waals surface area contributed by atoms with E-state index in [9.17, 15) is 19.5 Å². The Morgan fingerprint density at radius 3 is 2.53 bits per heavy atom. The number of benzene rings is 3. The summed E-state index contributed by atoms with van der Waals surface area (Å²) in [5.74, 6) is -2.04. The molecule has 9 rings (SSSR count). The highest BCUT2D eigenvalue weighted by molar-refractivity contribution is 7.22. The summed E-state index contributed by atoms with van der Waals surface area (Å²) < 4.78 is 12.0. The number of allylic oxidation sites excluding steroid dienone is 2. The summed E-state index contributed by atoms with van der Waals surface area (Å²) in [5.41, 5.74) is 0.589. The molecule has 12 nitrogen and oxygen atoms in total. The van der Waals surface area contributed by atoms with Crippen molar-refractivity contribution >= 4 is 50.7 Å². The molecule has 1 saturated heterocycles. The predicted octanol–water partition coefficient (Wildman–Crippen LogP) is 5.96. The molecule has 3 aromatic heterocycles. The Kier molecular flexibility index (Phi) is 7.31. The molecular weight excluding hydrogens is 716 g/mol. The standard InChI is InChI=1S/C39H33ClN6O6S/c1-20-25-16-21(40)10-13-31(25)53-34(20)28-19-32(42(3)41-28)45-35(48)27-18-29-24(33(39(27,2)36(45)49)26-17-23(52-4)11-12-30(26)47)14-15-43-37(50)44(38(51)46(29)43)22-8-6-5-7-9-22/h5-14,16-17,19,27,29,33,47H,15,18H2,1-4H3/t27-,29+,33+,39+/m0/s1. The number of hydrogen-bond donors (Lipinski definition) is 1. The fourth-order valence-corrected chi connectivity index (χ4v) is 10.1. The summed E-state index contributed by atoms with van der Waals surface area (Å²) in [6.07, 6.45) is 1.93. The first kappa shape index (κ1) is 33.2. The number of ether oxygens (including phenoxy) is 1. The average Bonchev–Trinajstić information content (AvgIpc) is 3.82. The molecule has 14 heteroatoms. The summed E-state index contributed by atoms with van der Waals surface area (Å²) in [4.78, 5) is 60.0. The van der Waals surface area contributed by atoms with Crippen LogP contribution in [0.5, 0.6) is 11.5 Å². The molecule has 53 heavy (non-hydrogen) atoms. The molecule has 0 radical (unpaired) electrons. The lowest BCUT2D eigenvalue weighted by Gasteiger charge is -2.47. The summed E-state index contributed by atoms with van der Waals surface area (Å²) in [5, 5.41) is 17.8. The number of fused-ring (bicyclic) bond motifs is 5. The van der Waals surface area contributed by atoms with E-state index in [2.05, 4.69) is 0 Å². The van der Waals surface area contributed by atoms with Crippen molar-refractivity contribution < 1.29 is 19.4 Å². The number of thiophene rings is 1. The molecule has 3 aromatic carbocycles. The van der Waals surface area contributed by atoms with Crippen LogP contribution in [0, 0.1) is 18.3 Å². The van der Waals surface area contributed by atoms with Crippen LogP contribution >= 0.6 is 22.9 Å². The van der Waals surface area contributed by atoms with Crippen molar-refractivity contribution in [1.82, 2.24) is 23.7 Å². The number of carbonyl (C=O) groups excluding carboxylic acids is 2. The number of hydrogen-bond acceptors (Lipinski definition) is 8. The number of rotatable bonds is 5. The maximum atomic E-state index is 15.1. The summed E-state index contributed by atoms with van der Waals surface area (Å²) in [6.45, 7) is 3.81. The van der Waals surface area contributed by atoms with Gasteiger partial charge in [0.15, 0.2) is 0 Å². The zero-order valence-electron chi connectivity index (χ0n) is 29.1. The lowest BCUT2D eigenvalue weighted by Crippen LogP contribution is -2.49. The van der Waals surface area contributed by atoms with Gasteiger partial charge in [0.1, 0.15) is 23.0 Å². The highest BCUT2D eigenvalue weighted by Gasteiger charge is 2.66. The van der Waals surface area contributed by atoms with Crippen molar-refractivity contribution in [2.45, 2.75) is 38.8 Å². The Hall–Kier alpha value is -5.66. The van der Waals surface area contributed by atoms with E-state index in [1.54, 1.807) is 73.8 Å². The van der Waals surface area contributed by atoms with Gasteiger partial charge in [0.2, 0.25) is 11.8 Å². The van der Waals surface area contributed by atoms with Gasteiger partial charge in [0, 0.05) is 34.3 Å². The normalized spacial score (nSPS) is 22.2. The van der Waals surface area contributed by atoms with Gasteiger partial charge in [-0.25, -0.2) is 28.4 Å². The van der Waals surface area contributed by atoms with Gasteiger partial charge in [0.05, 0.1) is 41.6 Å². The molecule has 1 N–H and O–H groups in total. The van der Waals surface area contributed by atoms with Gasteiger partial charge in [-0.1, -0.05) is 35.9 Å². The molecule has 0 bridgehead atoms. The summed E-state index contributed by atoms with van der Waals surface area (Å²) >= 11 is 7.86. The number of methoxy groups -OCH3 is 1. The fraction of sp³-hybridized carbons (Fsp3) is 0.256. The minimum atomic E-state index is -1.40. The Morgan fingerprint density at radius 2 is 1.77 bits per heavy atom. The molecule has 5 heterocycles. The molecule has 2 fully saturated rings. The highest BCUT2D eigenvalue weighted by Crippen LogP contribution is 2.62. The van der Waals surface area contributed by atoms with Crippen molar-refractivity contribution in [3.63, 3.8) is 0 Å². The van der Waals surface area contributed by atoms with Crippen LogP contribution in [0.1, 0.15) is 36.4 Å². The van der Waals surface area contributed by atoms with Crippen molar-refractivity contribution in [1.29, 1.82) is 0 Å². The van der Waals surface area contributed by atoms with Gasteiger partial charge in [-0.05, 0) is 85.3 Å². The van der Waals surface area contributed by atoms with E-state index < -0.39 is 46.5 Å². The SMILES string of the molecule is COc1ccc(O)c([C@H]2C3=CCn4c(=O)n(-c5ccccc5)c(=O)n4[C@@H]3C[C@H]3C(=O)N(c4cc(-c5sc6ccc(Cl)cc6c5C)nn4C)C(=O)[C@@]23C)c1. The van der Waals surface area contributed by atoms with Gasteiger partial charge < -0.3 is 9.84 Å². The molecule has 6 aromatic rings. The number of carbonyl (C=O) groups is 2. The Morgan fingerprint density at radius 1 is 1.00 bits per heavy atom. The van der Waals surface area contributed by atoms with Crippen molar-refractivity contribution in [3.8, 4) is 27.8 Å². The first-order chi connectivity index (χ1) is 25.4. The maximum absolute atomic E-state index is 15.1. The van der Waals surface area contributed by atoms with Gasteiger partial charge in [-0.15, -0.1) is 11.3 Å². The van der Waals surface area contributed by atoms with Crippen LogP contribution < -0.4 is 21.0 Å². The third-order valence-corrected chi connectivity index (χ3v) is 12.8. The Balaban J connectivity index is 1.21. The van der Waals surface area contributed by atoms with Gasteiger partial charge in [0.25, 0.3) is 0 Å². The number of nitrogens with zero attached hydrogens (tertiary/aromatic N) is 6. The van der Waals surface area contributed by atoms with Crippen LogP contribution in [0.4, 0.5) is 5.82 Å². The summed E-state index contributed by atoms with van der Waals surface area (Å²) in [6, 6.07) is 20.2. The van der Waals surface area contributed by atoms with Gasteiger partial charge in [-0.3, -0.25) is 14.3 Å². The van der Waals surface area contributed by atoms with E-state index >= 15 is 4.79 Å². The minimum Gasteiger partial charge on any atom is -0.508 e. The number of para-hydroxylation sites is 1. The number of phenolic OH excluding ortho intramolecular Hbond substituents is 1. The Bertz CT molecular complexity index is 2700. The van der Waals surface area contributed by atoms with Crippen LogP contribution in [0.3, 0.4) is 0 Å². The largest absolute Gasteiger partial charge is 0.508 e. The van der Waals surface area contributed by atoms with Crippen LogP contribution in [-0.2, 0) is 23.2 Å². The third kappa shape index (κ3) is 4.56. The van der Waals surface area contributed by atoms with Crippen LogP contribution in [0.25, 0.3) is 26.3 Å². The quantitative estimate of drug-likeness (QED) is 0.170. The first-order valence-corrected chi connectivity index (χ1v) is 18.3. The monoisotopic (exact) mass is 748 g/mol. The zero-order chi connectivity index (χ0) is 37.1. The molecule has 1 aliphatic carbocycles. The second-order valence-electron chi connectivity index (χ2n) is 14.0. The lowest BCUT2D eigenvalue weighted by molar-refractivity contribution is -0.129. The average molecular weight is 749 g/mol. The number of aryl methyl sites for hydroxylation is 2. The molecule has 4 atom stereocenters. The topological polar surface area (TPSA) is 134 Å². The first-order valence-electron chi connectivity index (χ1n) is 17.1. The van der Waals surface area contributed by atoms with E-state index in [4.69, 9.17) is 21.4 Å². The van der Waals surface area contributed by atoms with Crippen LogP contribution in [-0.4, -0.2) is 47.7 Å². The van der Waals surface area contributed by atoms with E-state index in [1.807, 2.05) is 31.2 Å². The van der Waals surface area contributed by atoms with E-state index in [-0.39, 0.29) is 18.7 Å². The van der Waals surface area contributed by atoms with Gasteiger partial charge in [-0.2, -0.15) is 5.10 Å². The Labute approximate surface area is 311 Å². The van der Waals surface area contributed by atoms with Crippen molar-refractivity contribution in [3.05, 3.63) is 122 Å². The molecule has 2 amide bonds. The number of imide groups is 1. The fourth-order valence-electron chi connectivity index (χ4n) is 8.74. The number of aromatic hydroxyl groups is 1. The van der Waals surface area contributed by atoms with Crippen LogP contribution in [0.15, 0.2) is 94.0 Å². The second kappa shape index (κ2) is 11.7. The molecule has 3 aliphatic rings. The van der Waals surface area contributed by atoms with E-state index in [0.717, 1.165) is 25.1 Å². The number of aromatic nitrogens is 5. The number of halogens is 1. The minimum absolute atomic E-state index is 0.0540. The summed E-state index contributed by atoms with van der Waals surface area (Å²) in [7, 11) is 3.20. The second-order valence-corrected chi connectivity index (χ2v) is 15.5. The molecular formula is C39H33ClN6O6S. The number of anilines is 1. The molecule has 2 aliphatic heterocycles. The molecule has 0 unspecified atom stereocenters. The van der Waals surface area contributed by atoms with Crippen molar-refractivity contribution in [2.75, 3.05) is 12.0 Å². The molecule has 0 spiro atoms. The molecule has 1 saturated carbocycles. The number of amides is 2. The number of phenols is 1. The predicted molar refractivity (Wildman–Crippen MR) is 201 cm³/mol. The lowest BCUT2D eigenvalue weighted by atomic mass is 9.56. The van der Waals surface area contributed by atoms with E-state index in [1.165, 1.54) is 32.1 Å². The zero-order valence-corrected chi connectivity index (χ0v) is 30.7. The van der Waals surface area contributed by atoms with Crippen molar-refractivity contribution in [2.24, 2.45) is 18.4 Å². The highest BCUT2D eigenvalue weighted by atomic mass is 35.5. The maximum Gasteiger partial charge on any atom is 0.352 e. The van der Waals surface area contributed by atoms with Gasteiger partial charge >= 0.3 is 11.4 Å². The smallest absolute Gasteiger partial charge is 0.352 e.